The van der Waals surface area contributed by atoms with E-state index in [0.717, 1.165) is 28.2 Å². The van der Waals surface area contributed by atoms with Crippen molar-refractivity contribution < 1.29 is 9.36 Å². The molecular weight excluding hydrogens is 380 g/mol. The van der Waals surface area contributed by atoms with Crippen molar-refractivity contribution in [2.45, 2.75) is 13.5 Å². The van der Waals surface area contributed by atoms with E-state index in [2.05, 4.69) is 76.7 Å². The minimum absolute atomic E-state index is 0.101. The molecule has 0 atom stereocenters. The van der Waals surface area contributed by atoms with Gasteiger partial charge < -0.3 is 0 Å². The second kappa shape index (κ2) is 8.04. The molecule has 3 nitrogen and oxygen atoms in total. The maximum absolute atomic E-state index is 13.1. The first kappa shape index (κ1) is 19.0. The first-order valence-electron chi connectivity index (χ1n) is 10.5. The Balaban J connectivity index is 1.61. The highest BCUT2D eigenvalue weighted by Gasteiger charge is 2.26. The summed E-state index contributed by atoms with van der Waals surface area (Å²) in [6.07, 6.45) is 2.05. The summed E-state index contributed by atoms with van der Waals surface area (Å²) in [6, 6.07) is 34.6. The zero-order valence-electron chi connectivity index (χ0n) is 17.4. The van der Waals surface area contributed by atoms with E-state index in [1.165, 1.54) is 11.1 Å². The molecular formula is C28H23N2O+. The minimum Gasteiger partial charge on any atom is -0.290 e. The number of hydrogen-bond acceptors (Lipinski definition) is 1. The van der Waals surface area contributed by atoms with Crippen molar-refractivity contribution in [2.75, 3.05) is 0 Å². The Morgan fingerprint density at radius 1 is 0.710 bits per heavy atom. The predicted octanol–water partition coefficient (Wildman–Crippen LogP) is 5.75. The molecule has 5 aromatic rings. The van der Waals surface area contributed by atoms with Gasteiger partial charge in [-0.2, -0.15) is 4.40 Å². The summed E-state index contributed by atoms with van der Waals surface area (Å²) in [5.74, 6) is 0.101. The van der Waals surface area contributed by atoms with Gasteiger partial charge in [-0.15, -0.1) is 0 Å². The Morgan fingerprint density at radius 3 is 2.00 bits per heavy atom. The van der Waals surface area contributed by atoms with Gasteiger partial charge in [0.05, 0.1) is 6.20 Å². The maximum atomic E-state index is 13.1. The van der Waals surface area contributed by atoms with Crippen molar-refractivity contribution in [3.05, 3.63) is 121 Å². The molecule has 0 radical (unpaired) electrons. The van der Waals surface area contributed by atoms with E-state index < -0.39 is 0 Å². The average Bonchev–Trinajstić information content (AvgIpc) is 3.12. The number of fused-ring (bicyclic) bond motifs is 1. The average molecular weight is 404 g/mol. The lowest BCUT2D eigenvalue weighted by Gasteiger charge is -2.06. The van der Waals surface area contributed by atoms with Crippen LogP contribution in [-0.4, -0.2) is 10.2 Å². The maximum Gasteiger partial charge on any atom is 0.287 e. The minimum atomic E-state index is 0.101. The summed E-state index contributed by atoms with van der Waals surface area (Å²) in [5, 5.41) is 0. The molecule has 0 aliphatic rings. The van der Waals surface area contributed by atoms with E-state index in [4.69, 9.17) is 0 Å². The molecule has 0 saturated heterocycles. The first-order valence-corrected chi connectivity index (χ1v) is 10.5. The molecule has 3 aromatic carbocycles. The molecule has 0 aliphatic carbocycles. The molecule has 0 saturated carbocycles. The number of aryl methyl sites for hydroxylation is 1. The van der Waals surface area contributed by atoms with E-state index in [9.17, 15) is 4.79 Å². The third-order valence-corrected chi connectivity index (χ3v) is 5.75. The Morgan fingerprint density at radius 2 is 1.29 bits per heavy atom. The van der Waals surface area contributed by atoms with Crippen molar-refractivity contribution in [3.63, 3.8) is 0 Å². The summed E-state index contributed by atoms with van der Waals surface area (Å²) in [6.45, 7) is 2.40. The molecule has 0 N–H and O–H groups in total. The van der Waals surface area contributed by atoms with Crippen molar-refractivity contribution in [1.82, 2.24) is 4.40 Å². The summed E-state index contributed by atoms with van der Waals surface area (Å²) in [5.41, 5.74) is 7.39. The molecule has 0 fully saturated rings. The van der Waals surface area contributed by atoms with Crippen LogP contribution in [-0.2, 0) is 6.54 Å². The molecule has 5 rings (SSSR count). The third-order valence-electron chi connectivity index (χ3n) is 5.75. The zero-order chi connectivity index (χ0) is 21.2. The molecule has 150 valence electrons. The normalized spacial score (nSPS) is 11.0. The van der Waals surface area contributed by atoms with E-state index >= 15 is 0 Å². The fourth-order valence-corrected chi connectivity index (χ4v) is 4.20. The molecule has 31 heavy (non-hydrogen) atoms. The highest BCUT2D eigenvalue weighted by molar-refractivity contribution is 5.95. The fraction of sp³-hybridized carbons (Fsp3) is 0.0714. The van der Waals surface area contributed by atoms with Crippen LogP contribution in [0.2, 0.25) is 0 Å². The third kappa shape index (κ3) is 3.55. The second-order valence-corrected chi connectivity index (χ2v) is 7.68. The molecule has 0 unspecified atom stereocenters. The van der Waals surface area contributed by atoms with Gasteiger partial charge in [-0.25, -0.2) is 4.57 Å². The van der Waals surface area contributed by atoms with Gasteiger partial charge in [0.15, 0.2) is 17.9 Å². The van der Waals surface area contributed by atoms with E-state index in [1.807, 2.05) is 48.5 Å². The lowest BCUT2D eigenvalue weighted by atomic mass is 10.0. The number of rotatable bonds is 5. The topological polar surface area (TPSA) is 25.4 Å². The number of carbonyl (C=O) groups is 1. The van der Waals surface area contributed by atoms with Crippen LogP contribution >= 0.6 is 0 Å². The Kier molecular flexibility index (Phi) is 4.93. The number of ketones is 1. The number of pyridine rings is 1. The number of aromatic nitrogens is 2. The van der Waals surface area contributed by atoms with Crippen molar-refractivity contribution >= 4 is 11.4 Å². The van der Waals surface area contributed by atoms with Crippen LogP contribution in [0.3, 0.4) is 0 Å². The van der Waals surface area contributed by atoms with Crippen LogP contribution in [0.1, 0.15) is 16.1 Å². The van der Waals surface area contributed by atoms with Crippen molar-refractivity contribution in [3.8, 4) is 22.4 Å². The molecule has 2 aromatic heterocycles. The van der Waals surface area contributed by atoms with Crippen LogP contribution < -0.4 is 4.57 Å². The number of carbonyl (C=O) groups excluding carboxylic acids is 1. The van der Waals surface area contributed by atoms with Crippen LogP contribution in [0.4, 0.5) is 0 Å². The van der Waals surface area contributed by atoms with E-state index in [-0.39, 0.29) is 5.78 Å². The SMILES string of the molecule is Cc1c(-c2ccc(-c3ccccc3)cc2)[n+](CC(=O)c2ccccc2)c2ccccn12. The standard InChI is InChI=1S/C28H23N2O/c1-21-28(25-17-15-23(16-18-25)22-10-4-2-5-11-22)30(27-14-8-9-19-29(21)27)20-26(31)24-12-6-3-7-13-24/h2-19H,20H2,1H3/q+1. The molecule has 0 amide bonds. The second-order valence-electron chi connectivity index (χ2n) is 7.68. The van der Waals surface area contributed by atoms with Gasteiger partial charge >= 0.3 is 0 Å². The van der Waals surface area contributed by atoms with Gasteiger partial charge in [0.2, 0.25) is 5.78 Å². The molecule has 2 heterocycles. The lowest BCUT2D eigenvalue weighted by molar-refractivity contribution is -0.645. The summed E-state index contributed by atoms with van der Waals surface area (Å²) in [4.78, 5) is 13.1. The van der Waals surface area contributed by atoms with Gasteiger partial charge in [-0.3, -0.25) is 4.79 Å². The smallest absolute Gasteiger partial charge is 0.287 e. The molecule has 0 bridgehead atoms. The van der Waals surface area contributed by atoms with E-state index in [0.29, 0.717) is 6.54 Å². The molecule has 3 heteroatoms. The van der Waals surface area contributed by atoms with E-state index in [1.54, 1.807) is 0 Å². The first-order chi connectivity index (χ1) is 15.2. The summed E-state index contributed by atoms with van der Waals surface area (Å²) >= 11 is 0. The highest BCUT2D eigenvalue weighted by atomic mass is 16.1. The largest absolute Gasteiger partial charge is 0.290 e. The van der Waals surface area contributed by atoms with Gasteiger partial charge in [0.25, 0.3) is 5.65 Å². The Labute approximate surface area is 181 Å². The van der Waals surface area contributed by atoms with Gasteiger partial charge in [0, 0.05) is 24.1 Å². The summed E-state index contributed by atoms with van der Waals surface area (Å²) in [7, 11) is 0. The zero-order valence-corrected chi connectivity index (χ0v) is 17.4. The van der Waals surface area contributed by atoms with Crippen LogP contribution in [0, 0.1) is 6.92 Å². The number of imidazole rings is 1. The Hall–Kier alpha value is -3.98. The number of nitrogens with zero attached hydrogens (tertiary/aromatic N) is 2. The fourth-order valence-electron chi connectivity index (χ4n) is 4.20. The monoisotopic (exact) mass is 403 g/mol. The van der Waals surface area contributed by atoms with Crippen LogP contribution in [0.15, 0.2) is 109 Å². The highest BCUT2D eigenvalue weighted by Crippen LogP contribution is 2.26. The molecule has 0 spiro atoms. The number of benzene rings is 3. The predicted molar refractivity (Wildman–Crippen MR) is 124 cm³/mol. The van der Waals surface area contributed by atoms with Gasteiger partial charge in [-0.05, 0) is 29.3 Å². The quantitative estimate of drug-likeness (QED) is 0.271. The lowest BCUT2D eigenvalue weighted by Crippen LogP contribution is -2.39. The van der Waals surface area contributed by atoms with Crippen LogP contribution in [0.25, 0.3) is 28.0 Å². The van der Waals surface area contributed by atoms with Crippen molar-refractivity contribution in [1.29, 1.82) is 0 Å². The number of Topliss-reactive ketones (excluding diaryl/α,β-unsaturated/α-hetero) is 1. The van der Waals surface area contributed by atoms with Gasteiger partial charge in [-0.1, -0.05) is 78.9 Å². The molecule has 0 aliphatic heterocycles. The summed E-state index contributed by atoms with van der Waals surface area (Å²) < 4.78 is 4.28. The van der Waals surface area contributed by atoms with Gasteiger partial charge in [0.1, 0.15) is 0 Å². The van der Waals surface area contributed by atoms with Crippen molar-refractivity contribution in [2.24, 2.45) is 0 Å². The number of hydrogen-bond donors (Lipinski definition) is 0. The Bertz CT molecular complexity index is 1350. The van der Waals surface area contributed by atoms with Crippen LogP contribution in [0.5, 0.6) is 0 Å².